The SMILES string of the molecule is CCC(=CCI)COC(=O)c1ccc(F)cc1. The molecular formula is C13H14FIO2. The van der Waals surface area contributed by atoms with Crippen LogP contribution in [0.1, 0.15) is 23.7 Å². The molecule has 1 aromatic carbocycles. The third-order valence-corrected chi connectivity index (χ3v) is 2.73. The van der Waals surface area contributed by atoms with Gasteiger partial charge in [-0.1, -0.05) is 35.6 Å². The third kappa shape index (κ3) is 4.85. The van der Waals surface area contributed by atoms with Crippen LogP contribution in [0.2, 0.25) is 0 Å². The Morgan fingerprint density at radius 1 is 1.41 bits per heavy atom. The van der Waals surface area contributed by atoms with Crippen LogP contribution in [0.5, 0.6) is 0 Å². The van der Waals surface area contributed by atoms with Gasteiger partial charge in [-0.3, -0.25) is 0 Å². The summed E-state index contributed by atoms with van der Waals surface area (Å²) in [6, 6.07) is 5.34. The molecule has 1 aromatic rings. The van der Waals surface area contributed by atoms with Gasteiger partial charge in [-0.05, 0) is 36.3 Å². The molecule has 0 radical (unpaired) electrons. The average Bonchev–Trinajstić information content (AvgIpc) is 2.35. The van der Waals surface area contributed by atoms with Gasteiger partial charge in [0.15, 0.2) is 0 Å². The Kier molecular flexibility index (Phi) is 6.18. The van der Waals surface area contributed by atoms with Crippen molar-refractivity contribution in [3.8, 4) is 0 Å². The van der Waals surface area contributed by atoms with Crippen LogP contribution < -0.4 is 0 Å². The monoisotopic (exact) mass is 348 g/mol. The average molecular weight is 348 g/mol. The first-order valence-electron chi connectivity index (χ1n) is 5.34. The highest BCUT2D eigenvalue weighted by molar-refractivity contribution is 14.1. The van der Waals surface area contributed by atoms with Gasteiger partial charge in [0.2, 0.25) is 0 Å². The molecule has 0 atom stereocenters. The van der Waals surface area contributed by atoms with E-state index in [9.17, 15) is 9.18 Å². The lowest BCUT2D eigenvalue weighted by Crippen LogP contribution is -2.08. The minimum Gasteiger partial charge on any atom is -0.458 e. The van der Waals surface area contributed by atoms with Gasteiger partial charge in [-0.2, -0.15) is 0 Å². The van der Waals surface area contributed by atoms with Crippen molar-refractivity contribution in [1.82, 2.24) is 0 Å². The van der Waals surface area contributed by atoms with Crippen molar-refractivity contribution in [3.05, 3.63) is 47.3 Å². The van der Waals surface area contributed by atoms with Gasteiger partial charge >= 0.3 is 5.97 Å². The van der Waals surface area contributed by atoms with Gasteiger partial charge in [-0.25, -0.2) is 9.18 Å². The molecule has 0 unspecified atom stereocenters. The smallest absolute Gasteiger partial charge is 0.338 e. The second kappa shape index (κ2) is 7.42. The van der Waals surface area contributed by atoms with Gasteiger partial charge in [0.25, 0.3) is 0 Å². The Labute approximate surface area is 114 Å². The zero-order chi connectivity index (χ0) is 12.7. The lowest BCUT2D eigenvalue weighted by atomic mass is 10.2. The molecule has 0 aliphatic carbocycles. The van der Waals surface area contributed by atoms with Crippen LogP contribution in [0.4, 0.5) is 4.39 Å². The second-order valence-electron chi connectivity index (χ2n) is 3.45. The molecule has 0 bridgehead atoms. The van der Waals surface area contributed by atoms with E-state index >= 15 is 0 Å². The quantitative estimate of drug-likeness (QED) is 0.351. The molecular weight excluding hydrogens is 334 g/mol. The van der Waals surface area contributed by atoms with E-state index in [1.807, 2.05) is 13.0 Å². The fraction of sp³-hybridized carbons (Fsp3) is 0.308. The van der Waals surface area contributed by atoms with Crippen molar-refractivity contribution in [2.45, 2.75) is 13.3 Å². The van der Waals surface area contributed by atoms with Crippen LogP contribution in [-0.4, -0.2) is 17.0 Å². The van der Waals surface area contributed by atoms with Crippen molar-refractivity contribution in [2.24, 2.45) is 0 Å². The summed E-state index contributed by atoms with van der Waals surface area (Å²) in [5.74, 6) is -0.779. The Morgan fingerprint density at radius 2 is 2.06 bits per heavy atom. The van der Waals surface area contributed by atoms with Crippen LogP contribution in [0, 0.1) is 5.82 Å². The van der Waals surface area contributed by atoms with E-state index in [1.165, 1.54) is 24.3 Å². The molecule has 0 aliphatic heterocycles. The zero-order valence-electron chi connectivity index (χ0n) is 9.58. The number of carbonyl (C=O) groups is 1. The van der Waals surface area contributed by atoms with Crippen LogP contribution >= 0.6 is 22.6 Å². The first-order valence-corrected chi connectivity index (χ1v) is 6.86. The summed E-state index contributed by atoms with van der Waals surface area (Å²) in [5, 5.41) is 0. The molecule has 0 aliphatic rings. The van der Waals surface area contributed by atoms with Gasteiger partial charge in [0.1, 0.15) is 12.4 Å². The first kappa shape index (κ1) is 14.2. The molecule has 92 valence electrons. The van der Waals surface area contributed by atoms with Crippen molar-refractivity contribution in [1.29, 1.82) is 0 Å². The molecule has 1 rings (SSSR count). The van der Waals surface area contributed by atoms with E-state index in [-0.39, 0.29) is 5.82 Å². The fourth-order valence-corrected chi connectivity index (χ4v) is 1.86. The molecule has 4 heteroatoms. The normalized spacial score (nSPS) is 11.4. The number of rotatable bonds is 5. The second-order valence-corrected chi connectivity index (χ2v) is 4.33. The summed E-state index contributed by atoms with van der Waals surface area (Å²) < 4.78 is 18.7. The molecule has 0 heterocycles. The predicted octanol–water partition coefficient (Wildman–Crippen LogP) is 3.75. The summed E-state index contributed by atoms with van der Waals surface area (Å²) in [6.07, 6.45) is 2.90. The maximum atomic E-state index is 12.7. The van der Waals surface area contributed by atoms with E-state index in [2.05, 4.69) is 22.6 Å². The number of alkyl halides is 1. The van der Waals surface area contributed by atoms with Gasteiger partial charge in [0.05, 0.1) is 5.56 Å². The van der Waals surface area contributed by atoms with Gasteiger partial charge in [-0.15, -0.1) is 0 Å². The number of carbonyl (C=O) groups excluding carboxylic acids is 1. The van der Waals surface area contributed by atoms with Crippen molar-refractivity contribution in [2.75, 3.05) is 11.0 Å². The highest BCUT2D eigenvalue weighted by atomic mass is 127. The molecule has 0 spiro atoms. The molecule has 0 amide bonds. The minimum absolute atomic E-state index is 0.301. The number of hydrogen-bond donors (Lipinski definition) is 0. The molecule has 0 saturated carbocycles. The lowest BCUT2D eigenvalue weighted by molar-refractivity contribution is 0.0538. The minimum atomic E-state index is -0.419. The number of hydrogen-bond acceptors (Lipinski definition) is 2. The summed E-state index contributed by atoms with van der Waals surface area (Å²) >= 11 is 2.24. The summed E-state index contributed by atoms with van der Waals surface area (Å²) in [5.41, 5.74) is 1.46. The Hall–Kier alpha value is -0.910. The largest absolute Gasteiger partial charge is 0.458 e. The standard InChI is InChI=1S/C13H14FIO2/c1-2-10(7-8-15)9-17-13(16)11-3-5-12(14)6-4-11/h3-7H,2,8-9H2,1H3. The maximum absolute atomic E-state index is 12.7. The van der Waals surface area contributed by atoms with Crippen molar-refractivity contribution < 1.29 is 13.9 Å². The van der Waals surface area contributed by atoms with Crippen LogP contribution in [-0.2, 0) is 4.74 Å². The number of esters is 1. The van der Waals surface area contributed by atoms with E-state index in [0.29, 0.717) is 12.2 Å². The molecule has 0 fully saturated rings. The van der Waals surface area contributed by atoms with Crippen LogP contribution in [0.25, 0.3) is 0 Å². The fourth-order valence-electron chi connectivity index (χ4n) is 1.24. The van der Waals surface area contributed by atoms with Crippen molar-refractivity contribution >= 4 is 28.6 Å². The maximum Gasteiger partial charge on any atom is 0.338 e. The lowest BCUT2D eigenvalue weighted by Gasteiger charge is -2.06. The summed E-state index contributed by atoms with van der Waals surface area (Å²) in [4.78, 5) is 11.6. The molecule has 2 nitrogen and oxygen atoms in total. The highest BCUT2D eigenvalue weighted by Gasteiger charge is 2.07. The topological polar surface area (TPSA) is 26.3 Å². The number of allylic oxidation sites excluding steroid dienone is 1. The molecule has 0 saturated heterocycles. The zero-order valence-corrected chi connectivity index (χ0v) is 11.7. The molecule has 0 aromatic heterocycles. The van der Waals surface area contributed by atoms with Crippen LogP contribution in [0.15, 0.2) is 35.9 Å². The number of benzene rings is 1. The Bertz CT molecular complexity index is 398. The van der Waals surface area contributed by atoms with Gasteiger partial charge < -0.3 is 4.74 Å². The predicted molar refractivity (Wildman–Crippen MR) is 73.9 cm³/mol. The van der Waals surface area contributed by atoms with Gasteiger partial charge in [0, 0.05) is 4.43 Å². The van der Waals surface area contributed by atoms with E-state index in [4.69, 9.17) is 4.74 Å². The number of ether oxygens (including phenoxy) is 1. The highest BCUT2D eigenvalue weighted by Crippen LogP contribution is 2.08. The Morgan fingerprint density at radius 3 is 2.59 bits per heavy atom. The van der Waals surface area contributed by atoms with E-state index in [0.717, 1.165) is 16.4 Å². The molecule has 17 heavy (non-hydrogen) atoms. The van der Waals surface area contributed by atoms with E-state index in [1.54, 1.807) is 0 Å². The van der Waals surface area contributed by atoms with Crippen LogP contribution in [0.3, 0.4) is 0 Å². The third-order valence-electron chi connectivity index (χ3n) is 2.29. The van der Waals surface area contributed by atoms with Crippen molar-refractivity contribution in [3.63, 3.8) is 0 Å². The summed E-state index contributed by atoms with van der Waals surface area (Å²) in [6.45, 7) is 2.32. The van der Waals surface area contributed by atoms with E-state index < -0.39 is 5.97 Å². The first-order chi connectivity index (χ1) is 8.17. The summed E-state index contributed by atoms with van der Waals surface area (Å²) in [7, 11) is 0. The Balaban J connectivity index is 2.55. The number of halogens is 2. The molecule has 0 N–H and O–H groups in total.